The van der Waals surface area contributed by atoms with Crippen LogP contribution in [-0.2, 0) is 10.0 Å². The fourth-order valence-corrected chi connectivity index (χ4v) is 8.54. The van der Waals surface area contributed by atoms with Gasteiger partial charge in [0.1, 0.15) is 4.90 Å². The molecule has 0 spiro atoms. The molecule has 0 bridgehead atoms. The van der Waals surface area contributed by atoms with E-state index < -0.39 is 10.0 Å². The zero-order valence-electron chi connectivity index (χ0n) is 22.1. The SMILES string of the molecule is O=S1(=O)c2ccccc2-n2c3cc(-c4ccccc4)ccc3c3ccc4c5ccc(C6=CCCC=C6)cc5n1c4c32. The van der Waals surface area contributed by atoms with E-state index in [4.69, 9.17) is 0 Å². The van der Waals surface area contributed by atoms with Gasteiger partial charge >= 0.3 is 0 Å². The van der Waals surface area contributed by atoms with Crippen LogP contribution in [0.5, 0.6) is 0 Å². The molecule has 4 nitrogen and oxygen atoms in total. The number of para-hydroxylation sites is 1. The van der Waals surface area contributed by atoms with Crippen molar-refractivity contribution in [2.45, 2.75) is 17.7 Å². The van der Waals surface area contributed by atoms with Crippen molar-refractivity contribution in [1.82, 2.24) is 8.54 Å². The summed E-state index contributed by atoms with van der Waals surface area (Å²) in [4.78, 5) is 0.307. The van der Waals surface area contributed by atoms with Crippen molar-refractivity contribution in [2.24, 2.45) is 0 Å². The highest BCUT2D eigenvalue weighted by atomic mass is 32.2. The fourth-order valence-electron chi connectivity index (χ4n) is 6.83. The predicted molar refractivity (Wildman–Crippen MR) is 168 cm³/mol. The number of hydrogen-bond acceptors (Lipinski definition) is 2. The highest BCUT2D eigenvalue weighted by Gasteiger charge is 2.33. The van der Waals surface area contributed by atoms with E-state index in [0.29, 0.717) is 16.1 Å². The first-order valence-corrected chi connectivity index (χ1v) is 15.4. The van der Waals surface area contributed by atoms with E-state index >= 15 is 0 Å². The topological polar surface area (TPSA) is 44.0 Å². The van der Waals surface area contributed by atoms with E-state index in [-0.39, 0.29) is 0 Å². The minimum Gasteiger partial charge on any atom is -0.306 e. The van der Waals surface area contributed by atoms with Crippen LogP contribution in [0.3, 0.4) is 0 Å². The molecule has 0 saturated heterocycles. The van der Waals surface area contributed by atoms with Gasteiger partial charge in [-0.3, -0.25) is 0 Å². The van der Waals surface area contributed by atoms with Crippen LogP contribution in [0.25, 0.3) is 66.0 Å². The number of aromatic nitrogens is 2. The summed E-state index contributed by atoms with van der Waals surface area (Å²) in [5.74, 6) is 0. The van der Waals surface area contributed by atoms with Gasteiger partial charge in [0.2, 0.25) is 0 Å². The van der Waals surface area contributed by atoms with Crippen LogP contribution in [-0.4, -0.2) is 17.0 Å². The van der Waals surface area contributed by atoms with Crippen LogP contribution >= 0.6 is 0 Å². The summed E-state index contributed by atoms with van der Waals surface area (Å²) >= 11 is 0. The van der Waals surface area contributed by atoms with E-state index in [0.717, 1.165) is 73.2 Å². The van der Waals surface area contributed by atoms with Crippen molar-refractivity contribution in [1.29, 1.82) is 0 Å². The zero-order valence-corrected chi connectivity index (χ0v) is 22.9. The van der Waals surface area contributed by atoms with Gasteiger partial charge in [0.25, 0.3) is 10.0 Å². The van der Waals surface area contributed by atoms with E-state index in [1.807, 2.05) is 36.4 Å². The normalized spacial score (nSPS) is 15.6. The number of allylic oxidation sites excluding steroid dienone is 4. The van der Waals surface area contributed by atoms with Crippen LogP contribution in [0, 0.1) is 0 Å². The summed E-state index contributed by atoms with van der Waals surface area (Å²) in [6, 6.07) is 34.8. The van der Waals surface area contributed by atoms with Crippen molar-refractivity contribution < 1.29 is 8.42 Å². The van der Waals surface area contributed by atoms with Crippen molar-refractivity contribution in [3.63, 3.8) is 0 Å². The summed E-state index contributed by atoms with van der Waals surface area (Å²) in [6.45, 7) is 0. The van der Waals surface area contributed by atoms with Gasteiger partial charge < -0.3 is 4.57 Å². The maximum Gasteiger partial charge on any atom is 0.270 e. The summed E-state index contributed by atoms with van der Waals surface area (Å²) in [5.41, 5.74) is 8.42. The fraction of sp³-hybridized carbons (Fsp3) is 0.0556. The number of rotatable bonds is 2. The third kappa shape index (κ3) is 3.01. The van der Waals surface area contributed by atoms with Crippen molar-refractivity contribution >= 4 is 59.2 Å². The third-order valence-electron chi connectivity index (χ3n) is 8.67. The zero-order chi connectivity index (χ0) is 27.3. The maximum absolute atomic E-state index is 14.7. The Morgan fingerprint density at radius 1 is 0.585 bits per heavy atom. The summed E-state index contributed by atoms with van der Waals surface area (Å²) in [6.07, 6.45) is 8.58. The van der Waals surface area contributed by atoms with Gasteiger partial charge in [0, 0.05) is 21.5 Å². The first-order valence-electron chi connectivity index (χ1n) is 13.9. The van der Waals surface area contributed by atoms with Crippen LogP contribution < -0.4 is 0 Å². The van der Waals surface area contributed by atoms with Crippen LogP contribution in [0.2, 0.25) is 0 Å². The lowest BCUT2D eigenvalue weighted by atomic mass is 9.98. The first-order chi connectivity index (χ1) is 20.1. The Balaban J connectivity index is 1.49. The molecule has 3 heterocycles. The summed E-state index contributed by atoms with van der Waals surface area (Å²) < 4.78 is 33.1. The van der Waals surface area contributed by atoms with E-state index in [9.17, 15) is 8.42 Å². The van der Waals surface area contributed by atoms with Gasteiger partial charge in [-0.05, 0) is 59.4 Å². The summed E-state index contributed by atoms with van der Waals surface area (Å²) in [5, 5.41) is 4.03. The van der Waals surface area contributed by atoms with Gasteiger partial charge in [-0.2, -0.15) is 0 Å². The Labute approximate surface area is 237 Å². The Morgan fingerprint density at radius 3 is 2.07 bits per heavy atom. The number of nitrogens with zero attached hydrogens (tertiary/aromatic N) is 2. The number of fused-ring (bicyclic) bond motifs is 8. The lowest BCUT2D eigenvalue weighted by molar-refractivity contribution is 0.590. The van der Waals surface area contributed by atoms with Crippen molar-refractivity contribution in [3.8, 4) is 16.8 Å². The minimum absolute atomic E-state index is 0.307. The molecule has 1 aliphatic carbocycles. The molecule has 0 radical (unpaired) electrons. The molecular weight excluding hydrogens is 524 g/mol. The van der Waals surface area contributed by atoms with Crippen LogP contribution in [0.15, 0.2) is 126 Å². The largest absolute Gasteiger partial charge is 0.306 e. The molecule has 9 rings (SSSR count). The average Bonchev–Trinajstić information content (AvgIpc) is 3.51. The van der Waals surface area contributed by atoms with Crippen LogP contribution in [0.1, 0.15) is 18.4 Å². The van der Waals surface area contributed by atoms with Crippen molar-refractivity contribution in [3.05, 3.63) is 127 Å². The standard InChI is InChI=1S/C36H24N2O2S/c39-41(40)34-14-8-7-13-31(34)37-32-21-25(23-9-3-1-4-10-23)15-17-27(32)29-19-20-30-28-18-16-26(24-11-5-2-6-12-24)22-33(28)38(41)36(30)35(29)37/h1,3-5,7-22H,2,6H2. The summed E-state index contributed by atoms with van der Waals surface area (Å²) in [7, 11) is -3.92. The van der Waals surface area contributed by atoms with Gasteiger partial charge in [-0.1, -0.05) is 97.1 Å². The lowest BCUT2D eigenvalue weighted by Crippen LogP contribution is -2.13. The third-order valence-corrected chi connectivity index (χ3v) is 10.4. The molecule has 0 fully saturated rings. The Hall–Kier alpha value is -4.87. The minimum atomic E-state index is -3.92. The lowest BCUT2D eigenvalue weighted by Gasteiger charge is -2.13. The second-order valence-electron chi connectivity index (χ2n) is 10.9. The molecule has 0 unspecified atom stereocenters. The maximum atomic E-state index is 14.7. The van der Waals surface area contributed by atoms with Crippen LogP contribution in [0.4, 0.5) is 0 Å². The first kappa shape index (κ1) is 22.9. The molecule has 0 amide bonds. The molecule has 5 aromatic carbocycles. The second-order valence-corrected chi connectivity index (χ2v) is 12.7. The van der Waals surface area contributed by atoms with E-state index in [2.05, 4.69) is 83.5 Å². The molecular formula is C36H24N2O2S. The molecule has 196 valence electrons. The molecule has 1 aliphatic heterocycles. The highest BCUT2D eigenvalue weighted by Crippen LogP contribution is 2.46. The van der Waals surface area contributed by atoms with Gasteiger partial charge in [-0.25, -0.2) is 12.4 Å². The number of benzene rings is 5. The molecule has 0 atom stereocenters. The van der Waals surface area contributed by atoms with Gasteiger partial charge in [-0.15, -0.1) is 0 Å². The average molecular weight is 549 g/mol. The highest BCUT2D eigenvalue weighted by molar-refractivity contribution is 7.90. The molecule has 0 saturated carbocycles. The molecule has 2 aliphatic rings. The predicted octanol–water partition coefficient (Wildman–Crippen LogP) is 8.84. The smallest absolute Gasteiger partial charge is 0.270 e. The van der Waals surface area contributed by atoms with Gasteiger partial charge in [0.05, 0.1) is 27.8 Å². The monoisotopic (exact) mass is 548 g/mol. The Bertz CT molecular complexity index is 2420. The molecule has 5 heteroatoms. The molecule has 2 aromatic heterocycles. The Morgan fingerprint density at radius 2 is 1.27 bits per heavy atom. The molecule has 7 aromatic rings. The molecule has 0 N–H and O–H groups in total. The Kier molecular flexibility index (Phi) is 4.52. The van der Waals surface area contributed by atoms with Gasteiger partial charge in [0.15, 0.2) is 0 Å². The second kappa shape index (κ2) is 8.09. The quantitative estimate of drug-likeness (QED) is 0.217. The van der Waals surface area contributed by atoms with Crippen molar-refractivity contribution in [2.75, 3.05) is 0 Å². The van der Waals surface area contributed by atoms with E-state index in [1.165, 1.54) is 0 Å². The van der Waals surface area contributed by atoms with E-state index in [1.54, 1.807) is 10.0 Å². The molecule has 41 heavy (non-hydrogen) atoms. The number of hydrogen-bond donors (Lipinski definition) is 0.